The number of carbonyl (C=O) groups excluding carboxylic acids is 1. The van der Waals surface area contributed by atoms with Crippen LogP contribution in [0.5, 0.6) is 0 Å². The molecule has 0 spiro atoms. The third-order valence-electron chi connectivity index (χ3n) is 3.66. The topological polar surface area (TPSA) is 49.3 Å². The minimum atomic E-state index is -1.02. The predicted molar refractivity (Wildman–Crippen MR) is 90.1 cm³/mol. The van der Waals surface area contributed by atoms with Crippen LogP contribution in [-0.4, -0.2) is 23.3 Å². The van der Waals surface area contributed by atoms with Crippen molar-refractivity contribution in [3.05, 3.63) is 44.3 Å². The molecule has 0 aromatic carbocycles. The van der Waals surface area contributed by atoms with Crippen molar-refractivity contribution in [1.29, 1.82) is 0 Å². The first-order chi connectivity index (χ1) is 10.1. The molecule has 2 N–H and O–H groups in total. The van der Waals surface area contributed by atoms with E-state index in [1.807, 2.05) is 22.9 Å². The normalized spacial score (nSPS) is 20.6. The molecule has 2 aromatic rings. The number of fused-ring (bicyclic) bond motifs is 1. The zero-order valence-corrected chi connectivity index (χ0v) is 14.1. The van der Waals surface area contributed by atoms with Gasteiger partial charge in [-0.25, -0.2) is 0 Å². The molecule has 0 aliphatic carbocycles. The standard InChI is InChI=1S/C15H17NO2S3/c1-15(18,10-2-5-19-8-10)9-16-14(17)13-11-3-6-20-12(11)4-7-21-13/h2-3,5-6,8,13,18H,4,7,9H2,1H3,(H,16,17). The monoisotopic (exact) mass is 339 g/mol. The van der Waals surface area contributed by atoms with Gasteiger partial charge in [0.1, 0.15) is 10.9 Å². The second-order valence-electron chi connectivity index (χ2n) is 5.30. The molecule has 1 aliphatic rings. The summed E-state index contributed by atoms with van der Waals surface area (Å²) in [4.78, 5) is 13.8. The van der Waals surface area contributed by atoms with E-state index in [0.717, 1.165) is 23.3 Å². The zero-order valence-electron chi connectivity index (χ0n) is 11.7. The van der Waals surface area contributed by atoms with E-state index in [4.69, 9.17) is 0 Å². The van der Waals surface area contributed by atoms with Gasteiger partial charge in [0.25, 0.3) is 0 Å². The van der Waals surface area contributed by atoms with Gasteiger partial charge in [-0.15, -0.1) is 23.1 Å². The van der Waals surface area contributed by atoms with Gasteiger partial charge >= 0.3 is 0 Å². The maximum Gasteiger partial charge on any atom is 0.237 e. The number of carbonyl (C=O) groups is 1. The molecule has 0 saturated heterocycles. The lowest BCUT2D eigenvalue weighted by atomic mass is 9.99. The average Bonchev–Trinajstić information content (AvgIpc) is 3.14. The fourth-order valence-electron chi connectivity index (χ4n) is 2.39. The van der Waals surface area contributed by atoms with E-state index in [1.54, 1.807) is 41.4 Å². The Labute approximate surface area is 136 Å². The number of rotatable bonds is 4. The van der Waals surface area contributed by atoms with Crippen molar-refractivity contribution in [1.82, 2.24) is 5.32 Å². The lowest BCUT2D eigenvalue weighted by molar-refractivity contribution is -0.121. The molecule has 1 aliphatic heterocycles. The number of nitrogens with one attached hydrogen (secondary N) is 1. The van der Waals surface area contributed by atoms with Crippen LogP contribution in [0.3, 0.4) is 0 Å². The number of aryl methyl sites for hydroxylation is 1. The van der Waals surface area contributed by atoms with E-state index in [1.165, 1.54) is 4.88 Å². The lowest BCUT2D eigenvalue weighted by Crippen LogP contribution is -2.40. The summed E-state index contributed by atoms with van der Waals surface area (Å²) in [5.41, 5.74) is 0.969. The Kier molecular flexibility index (Phi) is 4.40. The third-order valence-corrected chi connectivity index (χ3v) is 6.58. The third kappa shape index (κ3) is 3.18. The van der Waals surface area contributed by atoms with Crippen molar-refractivity contribution in [2.75, 3.05) is 12.3 Å². The van der Waals surface area contributed by atoms with Gasteiger partial charge in [-0.3, -0.25) is 4.79 Å². The van der Waals surface area contributed by atoms with E-state index >= 15 is 0 Å². The number of thiophene rings is 2. The molecule has 0 fully saturated rings. The summed E-state index contributed by atoms with van der Waals surface area (Å²) in [5, 5.41) is 19.1. The second-order valence-corrected chi connectivity index (χ2v) is 8.30. The molecule has 1 amide bonds. The summed E-state index contributed by atoms with van der Waals surface area (Å²) in [7, 11) is 0. The van der Waals surface area contributed by atoms with Gasteiger partial charge in [0, 0.05) is 4.88 Å². The highest BCUT2D eigenvalue weighted by Crippen LogP contribution is 2.39. The van der Waals surface area contributed by atoms with Crippen LogP contribution in [0.2, 0.25) is 0 Å². The highest BCUT2D eigenvalue weighted by Gasteiger charge is 2.30. The molecule has 21 heavy (non-hydrogen) atoms. The predicted octanol–water partition coefficient (Wildman–Crippen LogP) is 3.16. The molecule has 3 nitrogen and oxygen atoms in total. The van der Waals surface area contributed by atoms with Crippen molar-refractivity contribution in [3.8, 4) is 0 Å². The number of amides is 1. The van der Waals surface area contributed by atoms with E-state index in [-0.39, 0.29) is 17.7 Å². The molecule has 0 radical (unpaired) electrons. The summed E-state index contributed by atoms with van der Waals surface area (Å²) in [5.74, 6) is 0.974. The van der Waals surface area contributed by atoms with E-state index < -0.39 is 5.60 Å². The highest BCUT2D eigenvalue weighted by atomic mass is 32.2. The minimum Gasteiger partial charge on any atom is -0.384 e. The van der Waals surface area contributed by atoms with Gasteiger partial charge in [-0.1, -0.05) is 0 Å². The van der Waals surface area contributed by atoms with Gasteiger partial charge in [0.15, 0.2) is 0 Å². The van der Waals surface area contributed by atoms with Crippen molar-refractivity contribution in [2.45, 2.75) is 24.2 Å². The molecule has 0 saturated carbocycles. The molecule has 3 heterocycles. The summed E-state index contributed by atoms with van der Waals surface area (Å²) in [6, 6.07) is 3.94. The van der Waals surface area contributed by atoms with Crippen LogP contribution < -0.4 is 5.32 Å². The lowest BCUT2D eigenvalue weighted by Gasteiger charge is -2.26. The first-order valence-electron chi connectivity index (χ1n) is 6.78. The van der Waals surface area contributed by atoms with Crippen molar-refractivity contribution >= 4 is 40.3 Å². The molecular weight excluding hydrogens is 322 g/mol. The first kappa shape index (κ1) is 15.1. The van der Waals surface area contributed by atoms with Crippen LogP contribution in [0.4, 0.5) is 0 Å². The fourth-order valence-corrected chi connectivity index (χ4v) is 5.49. The smallest absolute Gasteiger partial charge is 0.237 e. The first-order valence-corrected chi connectivity index (χ1v) is 9.66. The van der Waals surface area contributed by atoms with E-state index in [9.17, 15) is 9.90 Å². The van der Waals surface area contributed by atoms with E-state index in [0.29, 0.717) is 0 Å². The Bertz CT molecular complexity index is 619. The number of hydrogen-bond donors (Lipinski definition) is 2. The Morgan fingerprint density at radius 2 is 2.33 bits per heavy atom. The molecule has 112 valence electrons. The summed E-state index contributed by atoms with van der Waals surface area (Å²) < 4.78 is 0. The van der Waals surface area contributed by atoms with Crippen LogP contribution in [-0.2, 0) is 16.8 Å². The van der Waals surface area contributed by atoms with Crippen molar-refractivity contribution in [2.24, 2.45) is 0 Å². The zero-order chi connectivity index (χ0) is 14.9. The summed E-state index contributed by atoms with van der Waals surface area (Å²) >= 11 is 4.95. The minimum absolute atomic E-state index is 0.00476. The van der Waals surface area contributed by atoms with Crippen molar-refractivity contribution < 1.29 is 9.90 Å². The molecule has 3 rings (SSSR count). The van der Waals surface area contributed by atoms with Gasteiger partial charge in [0.2, 0.25) is 5.91 Å². The Morgan fingerprint density at radius 3 is 3.10 bits per heavy atom. The maximum atomic E-state index is 12.4. The Balaban J connectivity index is 1.66. The molecule has 6 heteroatoms. The Hall–Kier alpha value is -0.820. The highest BCUT2D eigenvalue weighted by molar-refractivity contribution is 8.00. The SMILES string of the molecule is CC(O)(CNC(=O)C1SCCc2sccc21)c1ccsc1. The van der Waals surface area contributed by atoms with Crippen LogP contribution >= 0.6 is 34.4 Å². The van der Waals surface area contributed by atoms with Gasteiger partial charge < -0.3 is 10.4 Å². The van der Waals surface area contributed by atoms with Gasteiger partial charge in [0.05, 0.1) is 6.54 Å². The number of aliphatic hydroxyl groups is 1. The quantitative estimate of drug-likeness (QED) is 0.899. The molecular formula is C15H17NO2S3. The second kappa shape index (κ2) is 6.12. The molecule has 2 atom stereocenters. The summed E-state index contributed by atoms with van der Waals surface area (Å²) in [6.07, 6.45) is 1.05. The molecule has 0 bridgehead atoms. The van der Waals surface area contributed by atoms with Crippen LogP contribution in [0, 0.1) is 0 Å². The molecule has 2 aromatic heterocycles. The van der Waals surface area contributed by atoms with Gasteiger partial charge in [-0.05, 0) is 58.5 Å². The number of thioether (sulfide) groups is 1. The molecule has 2 unspecified atom stereocenters. The van der Waals surface area contributed by atoms with E-state index in [2.05, 4.69) is 10.7 Å². The Morgan fingerprint density at radius 1 is 1.48 bits per heavy atom. The maximum absolute atomic E-state index is 12.4. The average molecular weight is 340 g/mol. The number of hydrogen-bond acceptors (Lipinski definition) is 5. The summed E-state index contributed by atoms with van der Waals surface area (Å²) in [6.45, 7) is 1.97. The van der Waals surface area contributed by atoms with Crippen LogP contribution in [0.15, 0.2) is 28.3 Å². The van der Waals surface area contributed by atoms with Crippen LogP contribution in [0.25, 0.3) is 0 Å². The largest absolute Gasteiger partial charge is 0.384 e. The van der Waals surface area contributed by atoms with Crippen LogP contribution in [0.1, 0.15) is 28.2 Å². The van der Waals surface area contributed by atoms with Gasteiger partial charge in [-0.2, -0.15) is 11.3 Å². The fraction of sp³-hybridized carbons (Fsp3) is 0.400. The van der Waals surface area contributed by atoms with Crippen molar-refractivity contribution in [3.63, 3.8) is 0 Å².